The molecule has 1 aromatic carbocycles. The minimum absolute atomic E-state index is 0.0669. The second kappa shape index (κ2) is 5.79. The maximum absolute atomic E-state index is 12.0. The number of nitrogens with two attached hydrogens (primary N) is 1. The fourth-order valence-corrected chi connectivity index (χ4v) is 3.26. The van der Waals surface area contributed by atoms with Gasteiger partial charge in [0, 0.05) is 17.6 Å². The third-order valence-corrected chi connectivity index (χ3v) is 4.68. The maximum atomic E-state index is 12.0. The van der Waals surface area contributed by atoms with E-state index in [-0.39, 0.29) is 23.5 Å². The van der Waals surface area contributed by atoms with Gasteiger partial charge in [0.2, 0.25) is 10.0 Å². The molecular formula is C10H13BrN2O4S. The van der Waals surface area contributed by atoms with E-state index >= 15 is 0 Å². The number of carboxylic acid groups (broad SMARTS) is 1. The molecule has 0 amide bonds. The van der Waals surface area contributed by atoms with E-state index in [2.05, 4.69) is 20.7 Å². The quantitative estimate of drug-likeness (QED) is 0.732. The lowest BCUT2D eigenvalue weighted by atomic mass is 10.1. The molecule has 0 radical (unpaired) electrons. The molecule has 0 unspecified atom stereocenters. The molecule has 1 aromatic rings. The van der Waals surface area contributed by atoms with Crippen LogP contribution in [0.3, 0.4) is 0 Å². The summed E-state index contributed by atoms with van der Waals surface area (Å²) in [7, 11) is -3.75. The van der Waals surface area contributed by atoms with Crippen LogP contribution in [0.5, 0.6) is 0 Å². The van der Waals surface area contributed by atoms with Crippen molar-refractivity contribution in [3.63, 3.8) is 0 Å². The largest absolute Gasteiger partial charge is 0.478 e. The number of carboxylic acids is 1. The van der Waals surface area contributed by atoms with Gasteiger partial charge in [-0.3, -0.25) is 0 Å². The summed E-state index contributed by atoms with van der Waals surface area (Å²) in [6, 6.07) is 2.49. The molecule has 0 spiro atoms. The van der Waals surface area contributed by atoms with E-state index in [0.717, 1.165) is 6.07 Å². The predicted octanol–water partition coefficient (Wildman–Crippen LogP) is 0.693. The van der Waals surface area contributed by atoms with Crippen molar-refractivity contribution in [1.29, 1.82) is 0 Å². The summed E-state index contributed by atoms with van der Waals surface area (Å²) in [6.45, 7) is 1.85. The molecule has 0 fully saturated rings. The highest BCUT2D eigenvalue weighted by molar-refractivity contribution is 9.10. The molecule has 1 rings (SSSR count). The topological polar surface area (TPSA) is 109 Å². The summed E-state index contributed by atoms with van der Waals surface area (Å²) < 4.78 is 26.6. The van der Waals surface area contributed by atoms with E-state index in [1.807, 2.05) is 0 Å². The average molecular weight is 337 g/mol. The Kier molecular flexibility index (Phi) is 4.85. The summed E-state index contributed by atoms with van der Waals surface area (Å²) >= 11 is 3.15. The predicted molar refractivity (Wildman–Crippen MR) is 70.1 cm³/mol. The molecule has 0 aliphatic carbocycles. The van der Waals surface area contributed by atoms with Gasteiger partial charge in [-0.1, -0.05) is 15.9 Å². The zero-order valence-corrected chi connectivity index (χ0v) is 12.0. The molecule has 0 saturated heterocycles. The van der Waals surface area contributed by atoms with Crippen molar-refractivity contribution in [2.75, 3.05) is 13.1 Å². The number of aromatic carboxylic acids is 1. The number of halogens is 1. The third-order valence-electron chi connectivity index (χ3n) is 2.27. The van der Waals surface area contributed by atoms with Gasteiger partial charge in [0.1, 0.15) is 0 Å². The van der Waals surface area contributed by atoms with Crippen LogP contribution in [0.15, 0.2) is 21.5 Å². The van der Waals surface area contributed by atoms with Crippen molar-refractivity contribution in [3.8, 4) is 0 Å². The minimum Gasteiger partial charge on any atom is -0.478 e. The zero-order chi connectivity index (χ0) is 13.9. The molecule has 6 nitrogen and oxygen atoms in total. The third kappa shape index (κ3) is 3.29. The van der Waals surface area contributed by atoms with Crippen LogP contribution in [0.25, 0.3) is 0 Å². The molecule has 8 heteroatoms. The number of benzene rings is 1. The Morgan fingerprint density at radius 3 is 2.61 bits per heavy atom. The van der Waals surface area contributed by atoms with Gasteiger partial charge >= 0.3 is 5.97 Å². The lowest BCUT2D eigenvalue weighted by Gasteiger charge is -2.11. The summed E-state index contributed by atoms with van der Waals surface area (Å²) in [5.41, 5.74) is 5.58. The molecule has 0 aromatic heterocycles. The Bertz CT molecular complexity index is 571. The molecule has 0 aliphatic heterocycles. The van der Waals surface area contributed by atoms with Crippen LogP contribution in [0.1, 0.15) is 15.9 Å². The molecule has 4 N–H and O–H groups in total. The first-order chi connectivity index (χ1) is 8.29. The molecular weight excluding hydrogens is 324 g/mol. The van der Waals surface area contributed by atoms with E-state index in [4.69, 9.17) is 10.8 Å². The summed E-state index contributed by atoms with van der Waals surface area (Å²) in [6.07, 6.45) is 0. The number of carbonyl (C=O) groups is 1. The first-order valence-corrected chi connectivity index (χ1v) is 7.30. The normalized spacial score (nSPS) is 11.5. The smallest absolute Gasteiger partial charge is 0.335 e. The molecule has 18 heavy (non-hydrogen) atoms. The van der Waals surface area contributed by atoms with Gasteiger partial charge in [-0.2, -0.15) is 0 Å². The van der Waals surface area contributed by atoms with Gasteiger partial charge in [0.25, 0.3) is 0 Å². The van der Waals surface area contributed by atoms with E-state index in [1.54, 1.807) is 6.92 Å². The van der Waals surface area contributed by atoms with Gasteiger partial charge in [-0.05, 0) is 24.6 Å². The van der Waals surface area contributed by atoms with Gasteiger partial charge in [-0.25, -0.2) is 17.9 Å². The molecule has 0 aliphatic rings. The van der Waals surface area contributed by atoms with Gasteiger partial charge in [0.15, 0.2) is 0 Å². The standard InChI is InChI=1S/C10H13BrN2O4S/c1-6-8(11)4-7(10(14)15)5-9(6)18(16,17)13-3-2-12/h4-5,13H,2-3,12H2,1H3,(H,14,15). The monoisotopic (exact) mass is 336 g/mol. The van der Waals surface area contributed by atoms with Crippen molar-refractivity contribution in [1.82, 2.24) is 4.72 Å². The highest BCUT2D eigenvalue weighted by atomic mass is 79.9. The number of sulfonamides is 1. The van der Waals surface area contributed by atoms with Crippen LogP contribution >= 0.6 is 15.9 Å². The van der Waals surface area contributed by atoms with Crippen molar-refractivity contribution >= 4 is 31.9 Å². The Hall–Kier alpha value is -0.960. The van der Waals surface area contributed by atoms with Crippen molar-refractivity contribution in [2.45, 2.75) is 11.8 Å². The summed E-state index contributed by atoms with van der Waals surface area (Å²) in [5.74, 6) is -1.19. The Labute approximate surface area is 113 Å². The highest BCUT2D eigenvalue weighted by Crippen LogP contribution is 2.25. The fraction of sp³-hybridized carbons (Fsp3) is 0.300. The number of rotatable bonds is 5. The van der Waals surface area contributed by atoms with Crippen LogP contribution in [-0.2, 0) is 10.0 Å². The summed E-state index contributed by atoms with van der Waals surface area (Å²) in [5, 5.41) is 8.91. The second-order valence-corrected chi connectivity index (χ2v) is 6.16. The zero-order valence-electron chi connectivity index (χ0n) is 9.60. The van der Waals surface area contributed by atoms with Crippen LogP contribution in [0.4, 0.5) is 0 Å². The molecule has 0 bridgehead atoms. The highest BCUT2D eigenvalue weighted by Gasteiger charge is 2.20. The number of hydrogen-bond acceptors (Lipinski definition) is 4. The van der Waals surface area contributed by atoms with E-state index in [9.17, 15) is 13.2 Å². The van der Waals surface area contributed by atoms with Gasteiger partial charge in [0.05, 0.1) is 10.5 Å². The van der Waals surface area contributed by atoms with Crippen LogP contribution in [-0.4, -0.2) is 32.6 Å². The average Bonchev–Trinajstić information content (AvgIpc) is 2.29. The second-order valence-electron chi connectivity index (χ2n) is 3.57. The van der Waals surface area contributed by atoms with Crippen molar-refractivity contribution in [2.24, 2.45) is 5.73 Å². The number of nitrogens with one attached hydrogen (secondary N) is 1. The van der Waals surface area contributed by atoms with Crippen molar-refractivity contribution < 1.29 is 18.3 Å². The van der Waals surface area contributed by atoms with Gasteiger partial charge in [-0.15, -0.1) is 0 Å². The lowest BCUT2D eigenvalue weighted by molar-refractivity contribution is 0.0696. The number of hydrogen-bond donors (Lipinski definition) is 3. The Morgan fingerprint density at radius 2 is 2.11 bits per heavy atom. The van der Waals surface area contributed by atoms with Crippen molar-refractivity contribution in [3.05, 3.63) is 27.7 Å². The molecule has 100 valence electrons. The summed E-state index contributed by atoms with van der Waals surface area (Å²) in [4.78, 5) is 10.8. The van der Waals surface area contributed by atoms with Crippen LogP contribution in [0, 0.1) is 6.92 Å². The minimum atomic E-state index is -3.75. The van der Waals surface area contributed by atoms with E-state index in [0.29, 0.717) is 10.0 Å². The van der Waals surface area contributed by atoms with E-state index in [1.165, 1.54) is 6.07 Å². The van der Waals surface area contributed by atoms with Gasteiger partial charge < -0.3 is 10.8 Å². The van der Waals surface area contributed by atoms with Crippen LogP contribution < -0.4 is 10.5 Å². The lowest BCUT2D eigenvalue weighted by Crippen LogP contribution is -2.29. The molecule has 0 atom stereocenters. The van der Waals surface area contributed by atoms with E-state index < -0.39 is 16.0 Å². The molecule has 0 heterocycles. The first-order valence-electron chi connectivity index (χ1n) is 5.02. The van der Waals surface area contributed by atoms with Crippen LogP contribution in [0.2, 0.25) is 0 Å². The Balaban J connectivity index is 3.35. The molecule has 0 saturated carbocycles. The Morgan fingerprint density at radius 1 is 1.50 bits per heavy atom. The first kappa shape index (κ1) is 15.1. The fourth-order valence-electron chi connectivity index (χ4n) is 1.33. The maximum Gasteiger partial charge on any atom is 0.335 e. The SMILES string of the molecule is Cc1c(Br)cc(C(=O)O)cc1S(=O)(=O)NCCN.